The third kappa shape index (κ3) is 3.95. The maximum atomic E-state index is 12.2. The Morgan fingerprint density at radius 3 is 2.20 bits per heavy atom. The van der Waals surface area contributed by atoms with Crippen LogP contribution in [0.2, 0.25) is 0 Å². The van der Waals surface area contributed by atoms with Gasteiger partial charge in [-0.3, -0.25) is 4.79 Å². The number of rotatable bonds is 3. The Morgan fingerprint density at radius 2 is 1.55 bits per heavy atom. The van der Waals surface area contributed by atoms with E-state index in [9.17, 15) is 4.79 Å². The molecule has 0 aromatic heterocycles. The Hall–Kier alpha value is -2.09. The van der Waals surface area contributed by atoms with Gasteiger partial charge in [-0.05, 0) is 35.6 Å². The molecule has 2 heteroatoms. The van der Waals surface area contributed by atoms with E-state index in [1.165, 1.54) is 5.56 Å². The molecule has 0 spiro atoms. The summed E-state index contributed by atoms with van der Waals surface area (Å²) in [6.45, 7) is 6.59. The van der Waals surface area contributed by atoms with Crippen LogP contribution in [0.25, 0.3) is 0 Å². The van der Waals surface area contributed by atoms with Crippen molar-refractivity contribution in [3.05, 3.63) is 65.7 Å². The van der Waals surface area contributed by atoms with Gasteiger partial charge in [-0.1, -0.05) is 57.2 Å². The molecule has 2 aromatic rings. The van der Waals surface area contributed by atoms with Gasteiger partial charge in [0.15, 0.2) is 0 Å². The van der Waals surface area contributed by atoms with Gasteiger partial charge in [-0.25, -0.2) is 0 Å². The van der Waals surface area contributed by atoms with Crippen molar-refractivity contribution in [1.82, 2.24) is 0 Å². The summed E-state index contributed by atoms with van der Waals surface area (Å²) in [6.07, 6.45) is 0.929. The molecule has 0 saturated heterocycles. The molecule has 0 radical (unpaired) electrons. The second kappa shape index (κ2) is 5.91. The van der Waals surface area contributed by atoms with Crippen molar-refractivity contribution in [2.75, 3.05) is 5.32 Å². The van der Waals surface area contributed by atoms with E-state index in [1.54, 1.807) is 0 Å². The van der Waals surface area contributed by atoms with E-state index in [1.807, 2.05) is 48.5 Å². The highest BCUT2D eigenvalue weighted by atomic mass is 16.1. The lowest BCUT2D eigenvalue weighted by Crippen LogP contribution is -2.16. The summed E-state index contributed by atoms with van der Waals surface area (Å²) < 4.78 is 0. The summed E-state index contributed by atoms with van der Waals surface area (Å²) in [4.78, 5) is 12.2. The molecule has 2 nitrogen and oxygen atoms in total. The average molecular weight is 267 g/mol. The fraction of sp³-hybridized carbons (Fsp3) is 0.278. The molecule has 0 fully saturated rings. The fourth-order valence-electron chi connectivity index (χ4n) is 2.15. The summed E-state index contributed by atoms with van der Waals surface area (Å²) in [7, 11) is 0. The van der Waals surface area contributed by atoms with Crippen molar-refractivity contribution in [2.24, 2.45) is 5.41 Å². The number of hydrogen-bond acceptors (Lipinski definition) is 1. The number of carbonyl (C=O) groups is 1. The van der Waals surface area contributed by atoms with Crippen molar-refractivity contribution in [1.29, 1.82) is 0 Å². The average Bonchev–Trinajstić information content (AvgIpc) is 2.40. The quantitative estimate of drug-likeness (QED) is 0.870. The number of carbonyl (C=O) groups excluding carboxylic acids is 1. The van der Waals surface area contributed by atoms with Crippen LogP contribution >= 0.6 is 0 Å². The first-order chi connectivity index (χ1) is 9.46. The van der Waals surface area contributed by atoms with Crippen molar-refractivity contribution < 1.29 is 4.79 Å². The van der Waals surface area contributed by atoms with Crippen molar-refractivity contribution in [3.8, 4) is 0 Å². The lowest BCUT2D eigenvalue weighted by molar-refractivity contribution is 0.102. The first-order valence-corrected chi connectivity index (χ1v) is 6.90. The lowest BCUT2D eigenvalue weighted by atomic mass is 9.87. The van der Waals surface area contributed by atoms with E-state index in [2.05, 4.69) is 32.2 Å². The SMILES string of the molecule is CC(C)(C)Cc1ccccc1NC(=O)c1ccccc1. The number of para-hydroxylation sites is 1. The van der Waals surface area contributed by atoms with Crippen LogP contribution in [-0.2, 0) is 6.42 Å². The normalized spacial score (nSPS) is 11.2. The van der Waals surface area contributed by atoms with Gasteiger partial charge in [0.25, 0.3) is 5.91 Å². The van der Waals surface area contributed by atoms with Gasteiger partial charge in [0.05, 0.1) is 0 Å². The summed E-state index contributed by atoms with van der Waals surface area (Å²) in [5, 5.41) is 3.01. The minimum Gasteiger partial charge on any atom is -0.322 e. The van der Waals surface area contributed by atoms with E-state index in [0.29, 0.717) is 5.56 Å². The number of nitrogens with one attached hydrogen (secondary N) is 1. The second-order valence-electron chi connectivity index (χ2n) is 6.21. The molecule has 0 bridgehead atoms. The van der Waals surface area contributed by atoms with Gasteiger partial charge < -0.3 is 5.32 Å². The summed E-state index contributed by atoms with van der Waals surface area (Å²) in [5.41, 5.74) is 2.94. The molecule has 20 heavy (non-hydrogen) atoms. The Bertz CT molecular complexity index is 582. The number of hydrogen-bond donors (Lipinski definition) is 1. The van der Waals surface area contributed by atoms with Crippen LogP contribution in [0.4, 0.5) is 5.69 Å². The Kier molecular flexibility index (Phi) is 4.23. The van der Waals surface area contributed by atoms with Gasteiger partial charge in [0.1, 0.15) is 0 Å². The molecule has 0 atom stereocenters. The minimum absolute atomic E-state index is 0.0630. The van der Waals surface area contributed by atoms with Gasteiger partial charge in [-0.15, -0.1) is 0 Å². The van der Waals surface area contributed by atoms with E-state index in [4.69, 9.17) is 0 Å². The van der Waals surface area contributed by atoms with Crippen LogP contribution in [0.3, 0.4) is 0 Å². The largest absolute Gasteiger partial charge is 0.322 e. The predicted octanol–water partition coefficient (Wildman–Crippen LogP) is 4.53. The molecular formula is C18H21NO. The summed E-state index contributed by atoms with van der Waals surface area (Å²) >= 11 is 0. The maximum absolute atomic E-state index is 12.2. The highest BCUT2D eigenvalue weighted by Gasteiger charge is 2.15. The zero-order valence-electron chi connectivity index (χ0n) is 12.3. The van der Waals surface area contributed by atoms with Gasteiger partial charge >= 0.3 is 0 Å². The van der Waals surface area contributed by atoms with Gasteiger partial charge in [0.2, 0.25) is 0 Å². The van der Waals surface area contributed by atoms with Crippen LogP contribution in [0.1, 0.15) is 36.7 Å². The molecular weight excluding hydrogens is 246 g/mol. The van der Waals surface area contributed by atoms with E-state index in [0.717, 1.165) is 12.1 Å². The third-order valence-electron chi connectivity index (χ3n) is 3.02. The third-order valence-corrected chi connectivity index (χ3v) is 3.02. The van der Waals surface area contributed by atoms with E-state index < -0.39 is 0 Å². The van der Waals surface area contributed by atoms with Crippen LogP contribution in [-0.4, -0.2) is 5.91 Å². The predicted molar refractivity (Wildman–Crippen MR) is 84.0 cm³/mol. The minimum atomic E-state index is -0.0630. The molecule has 104 valence electrons. The van der Waals surface area contributed by atoms with Crippen molar-refractivity contribution >= 4 is 11.6 Å². The molecule has 1 amide bonds. The molecule has 0 aliphatic heterocycles. The molecule has 0 heterocycles. The molecule has 0 unspecified atom stereocenters. The monoisotopic (exact) mass is 267 g/mol. The number of amides is 1. The van der Waals surface area contributed by atoms with Crippen LogP contribution < -0.4 is 5.32 Å². The highest BCUT2D eigenvalue weighted by molar-refractivity contribution is 6.04. The van der Waals surface area contributed by atoms with Crippen molar-refractivity contribution in [3.63, 3.8) is 0 Å². The van der Waals surface area contributed by atoms with Gasteiger partial charge in [0, 0.05) is 11.3 Å². The standard InChI is InChI=1S/C18H21NO/c1-18(2,3)13-15-11-7-8-12-16(15)19-17(20)14-9-5-4-6-10-14/h4-12H,13H2,1-3H3,(H,19,20). The Labute approximate surface area is 120 Å². The zero-order valence-corrected chi connectivity index (χ0v) is 12.3. The highest BCUT2D eigenvalue weighted by Crippen LogP contribution is 2.26. The van der Waals surface area contributed by atoms with E-state index >= 15 is 0 Å². The first kappa shape index (κ1) is 14.3. The van der Waals surface area contributed by atoms with Crippen LogP contribution in [0, 0.1) is 5.41 Å². The lowest BCUT2D eigenvalue weighted by Gasteiger charge is -2.20. The first-order valence-electron chi connectivity index (χ1n) is 6.90. The molecule has 0 aliphatic carbocycles. The molecule has 2 aromatic carbocycles. The molecule has 2 rings (SSSR count). The van der Waals surface area contributed by atoms with Crippen LogP contribution in [0.5, 0.6) is 0 Å². The molecule has 0 aliphatic rings. The summed E-state index contributed by atoms with van der Waals surface area (Å²) in [6, 6.07) is 17.3. The van der Waals surface area contributed by atoms with Crippen molar-refractivity contribution in [2.45, 2.75) is 27.2 Å². The second-order valence-corrected chi connectivity index (χ2v) is 6.21. The van der Waals surface area contributed by atoms with Gasteiger partial charge in [-0.2, -0.15) is 0 Å². The number of benzene rings is 2. The maximum Gasteiger partial charge on any atom is 0.255 e. The number of anilines is 1. The fourth-order valence-corrected chi connectivity index (χ4v) is 2.15. The Morgan fingerprint density at radius 1 is 0.950 bits per heavy atom. The molecule has 0 saturated carbocycles. The topological polar surface area (TPSA) is 29.1 Å². The molecule has 1 N–H and O–H groups in total. The Balaban J connectivity index is 2.20. The smallest absolute Gasteiger partial charge is 0.255 e. The van der Waals surface area contributed by atoms with E-state index in [-0.39, 0.29) is 11.3 Å². The van der Waals surface area contributed by atoms with Crippen LogP contribution in [0.15, 0.2) is 54.6 Å². The zero-order chi connectivity index (χ0) is 14.6. The summed E-state index contributed by atoms with van der Waals surface area (Å²) in [5.74, 6) is -0.0630.